The highest BCUT2D eigenvalue weighted by atomic mass is 16.1. The Balaban J connectivity index is 2.61. The Morgan fingerprint density at radius 2 is 2.24 bits per heavy atom. The summed E-state index contributed by atoms with van der Waals surface area (Å²) < 4.78 is 0. The summed E-state index contributed by atoms with van der Waals surface area (Å²) in [6.45, 7) is 6.93. The van der Waals surface area contributed by atoms with Crippen LogP contribution in [0.2, 0.25) is 0 Å². The van der Waals surface area contributed by atoms with Crippen molar-refractivity contribution in [3.05, 3.63) is 24.0 Å². The number of rotatable bonds is 6. The number of hydrogen-bond donors (Lipinski definition) is 2. The van der Waals surface area contributed by atoms with Crippen LogP contribution in [0.5, 0.6) is 0 Å². The maximum atomic E-state index is 11.7. The van der Waals surface area contributed by atoms with E-state index >= 15 is 0 Å². The molecule has 0 saturated carbocycles. The molecule has 0 fully saturated rings. The van der Waals surface area contributed by atoms with E-state index in [9.17, 15) is 4.79 Å². The molecule has 1 aromatic rings. The summed E-state index contributed by atoms with van der Waals surface area (Å²) in [5.41, 5.74) is 1.41. The Hall–Kier alpha value is -1.58. The van der Waals surface area contributed by atoms with Gasteiger partial charge >= 0.3 is 0 Å². The summed E-state index contributed by atoms with van der Waals surface area (Å²) in [5.74, 6) is -0.126. The first-order chi connectivity index (χ1) is 8.13. The SMILES string of the molecule is CCCCNc1ccnc(C(=O)NC(C)C)c1. The fraction of sp³-hybridized carbons (Fsp3) is 0.538. The Morgan fingerprint density at radius 3 is 2.88 bits per heavy atom. The van der Waals surface area contributed by atoms with Crippen molar-refractivity contribution in [3.63, 3.8) is 0 Å². The van der Waals surface area contributed by atoms with Gasteiger partial charge in [-0.15, -0.1) is 0 Å². The minimum atomic E-state index is -0.126. The van der Waals surface area contributed by atoms with Crippen molar-refractivity contribution in [2.45, 2.75) is 39.7 Å². The number of amides is 1. The second-order valence-corrected chi connectivity index (χ2v) is 4.34. The highest BCUT2D eigenvalue weighted by Crippen LogP contribution is 2.08. The molecular weight excluding hydrogens is 214 g/mol. The van der Waals surface area contributed by atoms with E-state index < -0.39 is 0 Å². The molecule has 0 aromatic carbocycles. The monoisotopic (exact) mass is 235 g/mol. The molecule has 4 nitrogen and oxygen atoms in total. The highest BCUT2D eigenvalue weighted by molar-refractivity contribution is 5.93. The van der Waals surface area contributed by atoms with Gasteiger partial charge in [0, 0.05) is 24.5 Å². The maximum absolute atomic E-state index is 11.7. The van der Waals surface area contributed by atoms with Crippen molar-refractivity contribution in [2.24, 2.45) is 0 Å². The van der Waals surface area contributed by atoms with Gasteiger partial charge in [-0.2, -0.15) is 0 Å². The van der Waals surface area contributed by atoms with Crippen LogP contribution in [0.1, 0.15) is 44.1 Å². The Morgan fingerprint density at radius 1 is 1.47 bits per heavy atom. The molecule has 0 aliphatic heterocycles. The lowest BCUT2D eigenvalue weighted by Crippen LogP contribution is -2.30. The van der Waals surface area contributed by atoms with Crippen LogP contribution in [-0.2, 0) is 0 Å². The van der Waals surface area contributed by atoms with Crippen LogP contribution in [0.25, 0.3) is 0 Å². The van der Waals surface area contributed by atoms with E-state index in [4.69, 9.17) is 0 Å². The second kappa shape index (κ2) is 6.89. The average molecular weight is 235 g/mol. The number of nitrogens with one attached hydrogen (secondary N) is 2. The Bertz CT molecular complexity index is 363. The molecular formula is C13H21N3O. The third-order valence-corrected chi connectivity index (χ3v) is 2.27. The number of aromatic nitrogens is 1. The standard InChI is InChI=1S/C13H21N3O/c1-4-5-7-14-11-6-8-15-12(9-11)13(17)16-10(2)3/h6,8-10H,4-5,7H2,1-3H3,(H,14,15)(H,16,17). The van der Waals surface area contributed by atoms with E-state index in [1.165, 1.54) is 0 Å². The van der Waals surface area contributed by atoms with Crippen molar-refractivity contribution < 1.29 is 4.79 Å². The van der Waals surface area contributed by atoms with Gasteiger partial charge in [0.15, 0.2) is 0 Å². The lowest BCUT2D eigenvalue weighted by Gasteiger charge is -2.09. The lowest BCUT2D eigenvalue weighted by atomic mass is 10.2. The number of carbonyl (C=O) groups excluding carboxylic acids is 1. The molecule has 4 heteroatoms. The maximum Gasteiger partial charge on any atom is 0.270 e. The molecule has 1 amide bonds. The van der Waals surface area contributed by atoms with Crippen LogP contribution in [-0.4, -0.2) is 23.5 Å². The largest absolute Gasteiger partial charge is 0.385 e. The molecule has 2 N–H and O–H groups in total. The van der Waals surface area contributed by atoms with E-state index in [-0.39, 0.29) is 11.9 Å². The summed E-state index contributed by atoms with van der Waals surface area (Å²) in [6, 6.07) is 3.79. The second-order valence-electron chi connectivity index (χ2n) is 4.34. The normalized spacial score (nSPS) is 10.4. The van der Waals surface area contributed by atoms with Gasteiger partial charge in [0.25, 0.3) is 5.91 Å². The van der Waals surface area contributed by atoms with E-state index in [1.807, 2.05) is 19.9 Å². The van der Waals surface area contributed by atoms with E-state index in [0.29, 0.717) is 5.69 Å². The fourth-order valence-corrected chi connectivity index (χ4v) is 1.41. The van der Waals surface area contributed by atoms with E-state index in [0.717, 1.165) is 25.1 Å². The third-order valence-electron chi connectivity index (χ3n) is 2.27. The highest BCUT2D eigenvalue weighted by Gasteiger charge is 2.08. The summed E-state index contributed by atoms with van der Waals surface area (Å²) in [7, 11) is 0. The van der Waals surface area contributed by atoms with Crippen LogP contribution in [0.3, 0.4) is 0 Å². The van der Waals surface area contributed by atoms with Gasteiger partial charge in [0.2, 0.25) is 0 Å². The van der Waals surface area contributed by atoms with Crippen LogP contribution in [0.15, 0.2) is 18.3 Å². The molecule has 0 radical (unpaired) electrons. The zero-order valence-electron chi connectivity index (χ0n) is 10.8. The zero-order valence-corrected chi connectivity index (χ0v) is 10.8. The molecule has 1 aromatic heterocycles. The summed E-state index contributed by atoms with van der Waals surface area (Å²) >= 11 is 0. The molecule has 0 aliphatic carbocycles. The van der Waals surface area contributed by atoms with Gasteiger partial charge < -0.3 is 10.6 Å². The van der Waals surface area contributed by atoms with Gasteiger partial charge in [-0.3, -0.25) is 9.78 Å². The molecule has 1 heterocycles. The van der Waals surface area contributed by atoms with Crippen molar-refractivity contribution in [1.29, 1.82) is 0 Å². The van der Waals surface area contributed by atoms with Crippen molar-refractivity contribution in [1.82, 2.24) is 10.3 Å². The molecule has 0 bridgehead atoms. The summed E-state index contributed by atoms with van der Waals surface area (Å²) in [4.78, 5) is 15.8. The van der Waals surface area contributed by atoms with Crippen LogP contribution in [0, 0.1) is 0 Å². The average Bonchev–Trinajstić information content (AvgIpc) is 2.29. The molecule has 0 aliphatic rings. The van der Waals surface area contributed by atoms with Gasteiger partial charge in [-0.05, 0) is 32.4 Å². The van der Waals surface area contributed by atoms with Gasteiger partial charge in [-0.25, -0.2) is 0 Å². The predicted octanol–water partition coefficient (Wildman–Crippen LogP) is 2.43. The van der Waals surface area contributed by atoms with Crippen LogP contribution >= 0.6 is 0 Å². The smallest absolute Gasteiger partial charge is 0.270 e. The third kappa shape index (κ3) is 4.85. The number of nitrogens with zero attached hydrogens (tertiary/aromatic N) is 1. The molecule has 0 spiro atoms. The van der Waals surface area contributed by atoms with Crippen LogP contribution in [0.4, 0.5) is 5.69 Å². The fourth-order valence-electron chi connectivity index (χ4n) is 1.41. The molecule has 0 unspecified atom stereocenters. The van der Waals surface area contributed by atoms with Crippen LogP contribution < -0.4 is 10.6 Å². The lowest BCUT2D eigenvalue weighted by molar-refractivity contribution is 0.0938. The first-order valence-corrected chi connectivity index (χ1v) is 6.14. The number of pyridine rings is 1. The number of carbonyl (C=O) groups is 1. The summed E-state index contributed by atoms with van der Waals surface area (Å²) in [5, 5.41) is 6.10. The first-order valence-electron chi connectivity index (χ1n) is 6.14. The minimum Gasteiger partial charge on any atom is -0.385 e. The minimum absolute atomic E-state index is 0.126. The zero-order chi connectivity index (χ0) is 12.7. The molecule has 0 saturated heterocycles. The van der Waals surface area contributed by atoms with Gasteiger partial charge in [-0.1, -0.05) is 13.3 Å². The topological polar surface area (TPSA) is 54.0 Å². The Kier molecular flexibility index (Phi) is 5.46. The number of hydrogen-bond acceptors (Lipinski definition) is 3. The van der Waals surface area contributed by atoms with Gasteiger partial charge in [0.1, 0.15) is 5.69 Å². The summed E-state index contributed by atoms with van der Waals surface area (Å²) in [6.07, 6.45) is 3.93. The van der Waals surface area contributed by atoms with E-state index in [2.05, 4.69) is 22.5 Å². The van der Waals surface area contributed by atoms with E-state index in [1.54, 1.807) is 12.3 Å². The van der Waals surface area contributed by atoms with Crippen molar-refractivity contribution in [2.75, 3.05) is 11.9 Å². The quantitative estimate of drug-likeness (QED) is 0.745. The molecule has 0 atom stereocenters. The first kappa shape index (κ1) is 13.5. The Labute approximate surface area is 103 Å². The molecule has 94 valence electrons. The van der Waals surface area contributed by atoms with Crippen molar-refractivity contribution in [3.8, 4) is 0 Å². The molecule has 1 rings (SSSR count). The van der Waals surface area contributed by atoms with Crippen molar-refractivity contribution >= 4 is 11.6 Å². The number of unbranched alkanes of at least 4 members (excludes halogenated alkanes) is 1. The predicted molar refractivity (Wildman–Crippen MR) is 70.2 cm³/mol. The van der Waals surface area contributed by atoms with Gasteiger partial charge in [0.05, 0.1) is 0 Å². The molecule has 17 heavy (non-hydrogen) atoms. The number of anilines is 1.